The first-order chi connectivity index (χ1) is 5.40. The first-order valence-corrected chi connectivity index (χ1v) is 4.82. The van der Waals surface area contributed by atoms with Gasteiger partial charge < -0.3 is 10.6 Å². The van der Waals surface area contributed by atoms with Gasteiger partial charge in [0.05, 0.1) is 0 Å². The van der Waals surface area contributed by atoms with Gasteiger partial charge in [-0.3, -0.25) is 0 Å². The van der Waals surface area contributed by atoms with Crippen LogP contribution in [0, 0.1) is 11.8 Å². The van der Waals surface area contributed by atoms with Crippen LogP contribution in [-0.4, -0.2) is 31.1 Å². The van der Waals surface area contributed by atoms with Crippen LogP contribution in [0.25, 0.3) is 0 Å². The minimum Gasteiger partial charge on any atom is -0.330 e. The molecule has 1 saturated heterocycles. The molecule has 2 aliphatic rings. The molecule has 64 valence electrons. The Morgan fingerprint density at radius 3 is 2.45 bits per heavy atom. The van der Waals surface area contributed by atoms with Crippen LogP contribution >= 0.6 is 0 Å². The van der Waals surface area contributed by atoms with Crippen molar-refractivity contribution < 1.29 is 0 Å². The molecule has 0 aromatic heterocycles. The van der Waals surface area contributed by atoms with E-state index in [4.69, 9.17) is 5.73 Å². The summed E-state index contributed by atoms with van der Waals surface area (Å²) in [6, 6.07) is 0. The van der Waals surface area contributed by atoms with Crippen molar-refractivity contribution >= 4 is 0 Å². The predicted molar refractivity (Wildman–Crippen MR) is 46.3 cm³/mol. The Morgan fingerprint density at radius 1 is 1.18 bits per heavy atom. The molecule has 0 bridgehead atoms. The quantitative estimate of drug-likeness (QED) is 0.647. The average molecular weight is 154 g/mol. The third kappa shape index (κ3) is 1.74. The summed E-state index contributed by atoms with van der Waals surface area (Å²) in [5, 5.41) is 0. The largest absolute Gasteiger partial charge is 0.330 e. The minimum absolute atomic E-state index is 0.871. The summed E-state index contributed by atoms with van der Waals surface area (Å²) >= 11 is 0. The van der Waals surface area contributed by atoms with Crippen LogP contribution in [-0.2, 0) is 0 Å². The van der Waals surface area contributed by atoms with E-state index in [2.05, 4.69) is 4.90 Å². The monoisotopic (exact) mass is 154 g/mol. The van der Waals surface area contributed by atoms with E-state index >= 15 is 0 Å². The molecule has 2 heteroatoms. The molecule has 0 unspecified atom stereocenters. The van der Waals surface area contributed by atoms with E-state index in [0.29, 0.717) is 0 Å². The lowest BCUT2D eigenvalue weighted by Gasteiger charge is -2.13. The lowest BCUT2D eigenvalue weighted by molar-refractivity contribution is 0.317. The number of nitrogens with two attached hydrogens (primary N) is 1. The van der Waals surface area contributed by atoms with Gasteiger partial charge in [0.2, 0.25) is 0 Å². The van der Waals surface area contributed by atoms with Gasteiger partial charge in [-0.15, -0.1) is 0 Å². The fourth-order valence-electron chi connectivity index (χ4n) is 2.12. The van der Waals surface area contributed by atoms with Gasteiger partial charge >= 0.3 is 0 Å². The molecule has 2 N–H and O–H groups in total. The number of rotatable bonds is 3. The molecular weight excluding hydrogens is 136 g/mol. The molecule has 1 heterocycles. The first kappa shape index (κ1) is 7.56. The van der Waals surface area contributed by atoms with Crippen molar-refractivity contribution in [1.29, 1.82) is 0 Å². The highest BCUT2D eigenvalue weighted by Gasteiger charge is 2.36. The molecule has 1 aliphatic heterocycles. The maximum Gasteiger partial charge on any atom is 0.00129 e. The van der Waals surface area contributed by atoms with Gasteiger partial charge in [0.1, 0.15) is 0 Å². The molecule has 1 aliphatic carbocycles. The highest BCUT2D eigenvalue weighted by Crippen LogP contribution is 2.38. The van der Waals surface area contributed by atoms with Gasteiger partial charge in [-0.2, -0.15) is 0 Å². The van der Waals surface area contributed by atoms with Crippen molar-refractivity contribution in [3.63, 3.8) is 0 Å². The highest BCUT2D eigenvalue weighted by molar-refractivity contribution is 4.89. The van der Waals surface area contributed by atoms with Crippen molar-refractivity contribution in [2.45, 2.75) is 19.3 Å². The second-order valence-electron chi connectivity index (χ2n) is 4.00. The molecule has 0 aromatic carbocycles. The van der Waals surface area contributed by atoms with E-state index in [1.165, 1.54) is 38.9 Å². The Morgan fingerprint density at radius 2 is 1.91 bits per heavy atom. The van der Waals surface area contributed by atoms with Crippen molar-refractivity contribution in [1.82, 2.24) is 4.90 Å². The summed E-state index contributed by atoms with van der Waals surface area (Å²) in [4.78, 5) is 2.60. The summed E-state index contributed by atoms with van der Waals surface area (Å²) in [6.07, 6.45) is 4.23. The Kier molecular flexibility index (Phi) is 2.14. The minimum atomic E-state index is 0.871. The molecular formula is C9H18N2. The number of hydrogen-bond donors (Lipinski definition) is 1. The Hall–Kier alpha value is -0.0800. The fraction of sp³-hybridized carbons (Fsp3) is 1.00. The maximum absolute atomic E-state index is 5.58. The Labute approximate surface area is 68.7 Å². The van der Waals surface area contributed by atoms with Gasteiger partial charge in [-0.05, 0) is 50.7 Å². The lowest BCUT2D eigenvalue weighted by atomic mass is 10.3. The molecule has 1 saturated carbocycles. The Balaban J connectivity index is 1.66. The zero-order valence-corrected chi connectivity index (χ0v) is 7.13. The molecule has 2 atom stereocenters. The number of hydrogen-bond acceptors (Lipinski definition) is 2. The molecule has 0 spiro atoms. The van der Waals surface area contributed by atoms with Gasteiger partial charge in [0.25, 0.3) is 0 Å². The SMILES string of the molecule is NC[C@H]1C[C@H]1CN1CCCC1. The standard InChI is InChI=1S/C9H18N2/c10-6-8-5-9(8)7-11-3-1-2-4-11/h8-9H,1-7,10H2/t8-,9+/m1/s1. The maximum atomic E-state index is 5.58. The van der Waals surface area contributed by atoms with Crippen LogP contribution in [0.1, 0.15) is 19.3 Å². The smallest absolute Gasteiger partial charge is 0.00129 e. The van der Waals surface area contributed by atoms with Crippen molar-refractivity contribution in [3.8, 4) is 0 Å². The van der Waals surface area contributed by atoms with Crippen LogP contribution < -0.4 is 5.73 Å². The lowest BCUT2D eigenvalue weighted by Crippen LogP contribution is -2.22. The summed E-state index contributed by atoms with van der Waals surface area (Å²) < 4.78 is 0. The van der Waals surface area contributed by atoms with E-state index < -0.39 is 0 Å². The molecule has 0 radical (unpaired) electrons. The Bertz CT molecular complexity index is 130. The number of likely N-dealkylation sites (tertiary alicyclic amines) is 1. The zero-order chi connectivity index (χ0) is 7.68. The third-order valence-corrected chi connectivity index (χ3v) is 3.06. The summed E-state index contributed by atoms with van der Waals surface area (Å²) in [7, 11) is 0. The van der Waals surface area contributed by atoms with Gasteiger partial charge in [0, 0.05) is 6.54 Å². The van der Waals surface area contributed by atoms with E-state index in [0.717, 1.165) is 18.4 Å². The molecule has 11 heavy (non-hydrogen) atoms. The topological polar surface area (TPSA) is 29.3 Å². The summed E-state index contributed by atoms with van der Waals surface area (Å²) in [5.74, 6) is 1.83. The van der Waals surface area contributed by atoms with E-state index in [1.54, 1.807) is 0 Å². The summed E-state index contributed by atoms with van der Waals surface area (Å²) in [6.45, 7) is 4.93. The van der Waals surface area contributed by atoms with Gasteiger partial charge in [-0.25, -0.2) is 0 Å². The second kappa shape index (κ2) is 3.11. The normalized spacial score (nSPS) is 37.9. The molecule has 0 aromatic rings. The van der Waals surface area contributed by atoms with Gasteiger partial charge in [-0.1, -0.05) is 0 Å². The van der Waals surface area contributed by atoms with Crippen LogP contribution in [0.2, 0.25) is 0 Å². The highest BCUT2D eigenvalue weighted by atomic mass is 15.1. The van der Waals surface area contributed by atoms with Gasteiger partial charge in [0.15, 0.2) is 0 Å². The van der Waals surface area contributed by atoms with Crippen molar-refractivity contribution in [2.24, 2.45) is 17.6 Å². The number of nitrogens with zero attached hydrogens (tertiary/aromatic N) is 1. The van der Waals surface area contributed by atoms with E-state index in [9.17, 15) is 0 Å². The summed E-state index contributed by atoms with van der Waals surface area (Å²) in [5.41, 5.74) is 5.58. The fourth-order valence-corrected chi connectivity index (χ4v) is 2.12. The van der Waals surface area contributed by atoms with Crippen LogP contribution in [0.4, 0.5) is 0 Å². The molecule has 0 amide bonds. The molecule has 2 nitrogen and oxygen atoms in total. The molecule has 2 rings (SSSR count). The molecule has 2 fully saturated rings. The second-order valence-corrected chi connectivity index (χ2v) is 4.00. The van der Waals surface area contributed by atoms with Crippen molar-refractivity contribution in [3.05, 3.63) is 0 Å². The average Bonchev–Trinajstić information content (AvgIpc) is 2.54. The third-order valence-electron chi connectivity index (χ3n) is 3.06. The van der Waals surface area contributed by atoms with Crippen LogP contribution in [0.3, 0.4) is 0 Å². The van der Waals surface area contributed by atoms with Crippen molar-refractivity contribution in [2.75, 3.05) is 26.2 Å². The van der Waals surface area contributed by atoms with Crippen LogP contribution in [0.5, 0.6) is 0 Å². The predicted octanol–water partition coefficient (Wildman–Crippen LogP) is 0.677. The van der Waals surface area contributed by atoms with Crippen LogP contribution in [0.15, 0.2) is 0 Å². The van der Waals surface area contributed by atoms with E-state index in [-0.39, 0.29) is 0 Å². The first-order valence-electron chi connectivity index (χ1n) is 4.82. The zero-order valence-electron chi connectivity index (χ0n) is 7.13. The van der Waals surface area contributed by atoms with E-state index in [1.807, 2.05) is 0 Å².